The van der Waals surface area contributed by atoms with E-state index < -0.39 is 11.7 Å². The second kappa shape index (κ2) is 5.49. The number of anilines is 1. The number of hydrogen-bond acceptors (Lipinski definition) is 2. The van der Waals surface area contributed by atoms with E-state index in [4.69, 9.17) is 5.73 Å². The van der Waals surface area contributed by atoms with Crippen LogP contribution in [0.4, 0.5) is 10.1 Å². The summed E-state index contributed by atoms with van der Waals surface area (Å²) in [7, 11) is 0. The van der Waals surface area contributed by atoms with Gasteiger partial charge >= 0.3 is 0 Å². The van der Waals surface area contributed by atoms with E-state index in [1.807, 2.05) is 13.8 Å². The number of nitrogen functional groups attached to an aromatic ring is 1. The molecule has 0 aliphatic heterocycles. The number of nitrogens with one attached hydrogen (secondary N) is 1. The number of hydrogen-bond donors (Lipinski definition) is 2. The number of carbonyl (C=O) groups is 1. The molecule has 88 valence electrons. The molecule has 1 amide bonds. The van der Waals surface area contributed by atoms with Gasteiger partial charge in [0.2, 0.25) is 0 Å². The molecule has 0 heterocycles. The molecular weight excluding hydrogens is 207 g/mol. The van der Waals surface area contributed by atoms with E-state index in [1.54, 1.807) is 0 Å². The van der Waals surface area contributed by atoms with Crippen molar-refractivity contribution in [2.75, 3.05) is 5.73 Å². The Balaban J connectivity index is 2.83. The van der Waals surface area contributed by atoms with Gasteiger partial charge in [0.1, 0.15) is 5.82 Å². The molecule has 0 saturated heterocycles. The van der Waals surface area contributed by atoms with Gasteiger partial charge in [-0.3, -0.25) is 4.79 Å². The average Bonchev–Trinajstić information content (AvgIpc) is 2.28. The summed E-state index contributed by atoms with van der Waals surface area (Å²) in [5.41, 5.74) is 5.91. The fourth-order valence-electron chi connectivity index (χ4n) is 1.47. The van der Waals surface area contributed by atoms with E-state index in [-0.39, 0.29) is 11.6 Å². The molecule has 4 heteroatoms. The summed E-state index contributed by atoms with van der Waals surface area (Å²) in [6.07, 6.45) is 1.65. The Morgan fingerprint density at radius 2 is 2.06 bits per heavy atom. The Morgan fingerprint density at radius 3 is 2.62 bits per heavy atom. The zero-order chi connectivity index (χ0) is 12.1. The van der Waals surface area contributed by atoms with E-state index in [0.717, 1.165) is 12.8 Å². The summed E-state index contributed by atoms with van der Waals surface area (Å²) >= 11 is 0. The average molecular weight is 224 g/mol. The lowest BCUT2D eigenvalue weighted by atomic mass is 10.1. The summed E-state index contributed by atoms with van der Waals surface area (Å²) in [5, 5.41) is 2.77. The normalized spacial score (nSPS) is 10.5. The monoisotopic (exact) mass is 224 g/mol. The van der Waals surface area contributed by atoms with Crippen molar-refractivity contribution in [1.29, 1.82) is 0 Å². The number of benzene rings is 1. The van der Waals surface area contributed by atoms with Crippen molar-refractivity contribution in [3.05, 3.63) is 29.6 Å². The standard InChI is InChI=1S/C12H17FN2O/c1-3-9(4-2)15-12(16)10-7-8(14)5-6-11(10)13/h5-7,9H,3-4,14H2,1-2H3,(H,15,16). The van der Waals surface area contributed by atoms with Crippen LogP contribution in [0, 0.1) is 5.82 Å². The highest BCUT2D eigenvalue weighted by Gasteiger charge is 2.14. The van der Waals surface area contributed by atoms with E-state index in [1.165, 1.54) is 18.2 Å². The van der Waals surface area contributed by atoms with Gasteiger partial charge in [-0.25, -0.2) is 4.39 Å². The van der Waals surface area contributed by atoms with Crippen LogP contribution in [0.1, 0.15) is 37.0 Å². The van der Waals surface area contributed by atoms with Crippen molar-refractivity contribution in [2.45, 2.75) is 32.7 Å². The van der Waals surface area contributed by atoms with Crippen LogP contribution in [0.15, 0.2) is 18.2 Å². The molecule has 0 radical (unpaired) electrons. The summed E-state index contributed by atoms with van der Waals surface area (Å²) < 4.78 is 13.4. The Labute approximate surface area is 94.8 Å². The van der Waals surface area contributed by atoms with Gasteiger partial charge in [0.15, 0.2) is 0 Å². The summed E-state index contributed by atoms with van der Waals surface area (Å²) in [6, 6.07) is 4.07. The molecule has 1 aromatic carbocycles. The maximum absolute atomic E-state index is 13.4. The molecular formula is C12H17FN2O. The van der Waals surface area contributed by atoms with Gasteiger partial charge in [0, 0.05) is 11.7 Å². The Morgan fingerprint density at radius 1 is 1.44 bits per heavy atom. The molecule has 0 saturated carbocycles. The second-order valence-corrected chi connectivity index (χ2v) is 3.73. The Bertz CT molecular complexity index is 375. The minimum Gasteiger partial charge on any atom is -0.399 e. The molecule has 0 bridgehead atoms. The molecule has 3 N–H and O–H groups in total. The fourth-order valence-corrected chi connectivity index (χ4v) is 1.47. The predicted molar refractivity (Wildman–Crippen MR) is 62.6 cm³/mol. The maximum atomic E-state index is 13.4. The van der Waals surface area contributed by atoms with Crippen LogP contribution in [0.3, 0.4) is 0 Å². The van der Waals surface area contributed by atoms with Crippen molar-refractivity contribution in [3.8, 4) is 0 Å². The molecule has 0 aliphatic rings. The first-order valence-corrected chi connectivity index (χ1v) is 5.44. The number of amides is 1. The topological polar surface area (TPSA) is 55.1 Å². The van der Waals surface area contributed by atoms with Gasteiger partial charge in [-0.05, 0) is 31.0 Å². The summed E-state index contributed by atoms with van der Waals surface area (Å²) in [4.78, 5) is 11.7. The van der Waals surface area contributed by atoms with Crippen molar-refractivity contribution >= 4 is 11.6 Å². The van der Waals surface area contributed by atoms with Crippen molar-refractivity contribution in [1.82, 2.24) is 5.32 Å². The smallest absolute Gasteiger partial charge is 0.254 e. The lowest BCUT2D eigenvalue weighted by Gasteiger charge is -2.15. The third-order valence-electron chi connectivity index (χ3n) is 2.56. The first-order chi connectivity index (χ1) is 7.58. The van der Waals surface area contributed by atoms with Crippen LogP contribution in [-0.2, 0) is 0 Å². The lowest BCUT2D eigenvalue weighted by molar-refractivity contribution is 0.0931. The fraction of sp³-hybridized carbons (Fsp3) is 0.417. The number of rotatable bonds is 4. The molecule has 1 rings (SSSR count). The summed E-state index contributed by atoms with van der Waals surface area (Å²) in [5.74, 6) is -0.948. The maximum Gasteiger partial charge on any atom is 0.254 e. The van der Waals surface area contributed by atoms with Crippen molar-refractivity contribution in [3.63, 3.8) is 0 Å². The van der Waals surface area contributed by atoms with Crippen molar-refractivity contribution < 1.29 is 9.18 Å². The molecule has 16 heavy (non-hydrogen) atoms. The van der Waals surface area contributed by atoms with Crippen LogP contribution in [-0.4, -0.2) is 11.9 Å². The highest BCUT2D eigenvalue weighted by molar-refractivity contribution is 5.95. The molecule has 3 nitrogen and oxygen atoms in total. The highest BCUT2D eigenvalue weighted by atomic mass is 19.1. The molecule has 1 aromatic rings. The van der Waals surface area contributed by atoms with E-state index in [2.05, 4.69) is 5.32 Å². The number of nitrogens with two attached hydrogens (primary N) is 1. The predicted octanol–water partition coefficient (Wildman–Crippen LogP) is 2.33. The molecule has 0 aromatic heterocycles. The molecule has 0 aliphatic carbocycles. The molecule has 0 unspecified atom stereocenters. The van der Waals surface area contributed by atoms with Gasteiger partial charge in [-0.1, -0.05) is 13.8 Å². The zero-order valence-electron chi connectivity index (χ0n) is 9.59. The summed E-state index contributed by atoms with van der Waals surface area (Å²) in [6.45, 7) is 3.95. The van der Waals surface area contributed by atoms with Gasteiger partial charge < -0.3 is 11.1 Å². The van der Waals surface area contributed by atoms with Gasteiger partial charge in [0.25, 0.3) is 5.91 Å². The minimum atomic E-state index is -0.544. The number of halogens is 1. The van der Waals surface area contributed by atoms with Gasteiger partial charge in [-0.15, -0.1) is 0 Å². The van der Waals surface area contributed by atoms with Gasteiger partial charge in [0.05, 0.1) is 5.56 Å². The van der Waals surface area contributed by atoms with E-state index in [0.29, 0.717) is 5.69 Å². The highest BCUT2D eigenvalue weighted by Crippen LogP contribution is 2.12. The van der Waals surface area contributed by atoms with Crippen LogP contribution in [0.2, 0.25) is 0 Å². The third-order valence-corrected chi connectivity index (χ3v) is 2.56. The SMILES string of the molecule is CCC(CC)NC(=O)c1cc(N)ccc1F. The largest absolute Gasteiger partial charge is 0.399 e. The molecule has 0 fully saturated rings. The third kappa shape index (κ3) is 2.95. The van der Waals surface area contributed by atoms with Crippen LogP contribution in [0.5, 0.6) is 0 Å². The Kier molecular flexibility index (Phi) is 4.28. The lowest BCUT2D eigenvalue weighted by Crippen LogP contribution is -2.34. The van der Waals surface area contributed by atoms with Crippen molar-refractivity contribution in [2.24, 2.45) is 0 Å². The first-order valence-electron chi connectivity index (χ1n) is 5.44. The quantitative estimate of drug-likeness (QED) is 0.771. The van der Waals surface area contributed by atoms with E-state index in [9.17, 15) is 9.18 Å². The molecule has 0 atom stereocenters. The zero-order valence-corrected chi connectivity index (χ0v) is 9.59. The van der Waals surface area contributed by atoms with Crippen LogP contribution in [0.25, 0.3) is 0 Å². The number of carbonyl (C=O) groups excluding carboxylic acids is 1. The second-order valence-electron chi connectivity index (χ2n) is 3.73. The Hall–Kier alpha value is -1.58. The molecule has 0 spiro atoms. The van der Waals surface area contributed by atoms with Gasteiger partial charge in [-0.2, -0.15) is 0 Å². The van der Waals surface area contributed by atoms with E-state index >= 15 is 0 Å². The first kappa shape index (κ1) is 12.5. The van der Waals surface area contributed by atoms with Crippen LogP contribution < -0.4 is 11.1 Å². The minimum absolute atomic E-state index is 0.00639. The van der Waals surface area contributed by atoms with Crippen LogP contribution >= 0.6 is 0 Å².